The number of hydrogen-bond donors (Lipinski definition) is 2. The predicted octanol–water partition coefficient (Wildman–Crippen LogP) is 3.35. The summed E-state index contributed by atoms with van der Waals surface area (Å²) in [6.45, 7) is 5.66. The van der Waals surface area contributed by atoms with Gasteiger partial charge in [0.25, 0.3) is 5.91 Å². The van der Waals surface area contributed by atoms with Gasteiger partial charge in [0.15, 0.2) is 0 Å². The number of carbonyl (C=O) groups is 2. The lowest BCUT2D eigenvalue weighted by Gasteiger charge is -2.08. The number of aryl methyl sites for hydroxylation is 1. The average molecular weight is 323 g/mol. The van der Waals surface area contributed by atoms with Crippen LogP contribution in [-0.2, 0) is 4.79 Å². The monoisotopic (exact) mass is 323 g/mol. The molecule has 2 N–H and O–H groups in total. The number of benzene rings is 2. The van der Waals surface area contributed by atoms with Gasteiger partial charge in [-0.05, 0) is 36.8 Å². The molecule has 124 valence electrons. The molecule has 0 atom stereocenters. The number of anilines is 1. The Bertz CT molecular complexity index is 732. The van der Waals surface area contributed by atoms with Crippen LogP contribution >= 0.6 is 0 Å². The molecule has 0 aliphatic carbocycles. The van der Waals surface area contributed by atoms with Crippen LogP contribution in [0.2, 0.25) is 0 Å². The van der Waals surface area contributed by atoms with Gasteiger partial charge < -0.3 is 5.32 Å². The van der Waals surface area contributed by atoms with E-state index in [0.29, 0.717) is 11.3 Å². The second-order valence-corrected chi connectivity index (χ2v) is 5.83. The molecule has 0 unspecified atom stereocenters. The van der Waals surface area contributed by atoms with Gasteiger partial charge in [-0.1, -0.05) is 43.7 Å². The largest absolute Gasteiger partial charge is 0.326 e. The van der Waals surface area contributed by atoms with Crippen molar-refractivity contribution in [3.05, 3.63) is 65.2 Å². The van der Waals surface area contributed by atoms with Gasteiger partial charge in [0.05, 0.1) is 6.21 Å². The van der Waals surface area contributed by atoms with Gasteiger partial charge in [-0.3, -0.25) is 9.59 Å². The third-order valence-electron chi connectivity index (χ3n) is 3.40. The zero-order valence-electron chi connectivity index (χ0n) is 14.0. The third-order valence-corrected chi connectivity index (χ3v) is 3.40. The van der Waals surface area contributed by atoms with Gasteiger partial charge in [0.2, 0.25) is 5.91 Å². The van der Waals surface area contributed by atoms with Gasteiger partial charge in [-0.25, -0.2) is 5.43 Å². The molecule has 0 spiro atoms. The molecular formula is C19H21N3O2. The van der Waals surface area contributed by atoms with Crippen LogP contribution in [0.1, 0.15) is 35.3 Å². The lowest BCUT2D eigenvalue weighted by atomic mass is 10.1. The Labute approximate surface area is 141 Å². The van der Waals surface area contributed by atoms with Crippen molar-refractivity contribution in [3.8, 4) is 0 Å². The summed E-state index contributed by atoms with van der Waals surface area (Å²) in [7, 11) is 0. The molecule has 2 aromatic carbocycles. The highest BCUT2D eigenvalue weighted by Crippen LogP contribution is 2.11. The summed E-state index contributed by atoms with van der Waals surface area (Å²) in [5.74, 6) is -0.459. The number of amides is 2. The minimum absolute atomic E-state index is 0.0603. The van der Waals surface area contributed by atoms with Crippen molar-refractivity contribution in [2.45, 2.75) is 20.8 Å². The molecule has 24 heavy (non-hydrogen) atoms. The summed E-state index contributed by atoms with van der Waals surface area (Å²) in [6.07, 6.45) is 1.59. The molecule has 5 nitrogen and oxygen atoms in total. The molecule has 0 heterocycles. The van der Waals surface area contributed by atoms with E-state index in [1.165, 1.54) is 5.56 Å². The average Bonchev–Trinajstić information content (AvgIpc) is 2.57. The van der Waals surface area contributed by atoms with Crippen LogP contribution in [0.15, 0.2) is 53.6 Å². The highest BCUT2D eigenvalue weighted by atomic mass is 16.2. The van der Waals surface area contributed by atoms with Crippen molar-refractivity contribution >= 4 is 23.7 Å². The molecule has 0 bridgehead atoms. The second-order valence-electron chi connectivity index (χ2n) is 5.83. The normalized spacial score (nSPS) is 10.8. The standard InChI is InChI=1S/C19H21N3O2/c1-13(2)18(23)21-17-10-8-16(9-11-17)19(24)22-20-12-15-6-4-14(3)5-7-15/h4-13H,1-3H3,(H,21,23)(H,22,24)/b20-12+. The van der Waals surface area contributed by atoms with E-state index >= 15 is 0 Å². The topological polar surface area (TPSA) is 70.6 Å². The van der Waals surface area contributed by atoms with Crippen LogP contribution in [0.25, 0.3) is 0 Å². The van der Waals surface area contributed by atoms with Crippen molar-refractivity contribution in [2.75, 3.05) is 5.32 Å². The minimum Gasteiger partial charge on any atom is -0.326 e. The summed E-state index contributed by atoms with van der Waals surface area (Å²) in [5, 5.41) is 6.72. The molecule has 2 aromatic rings. The van der Waals surface area contributed by atoms with Crippen LogP contribution < -0.4 is 10.7 Å². The quantitative estimate of drug-likeness (QED) is 0.654. The van der Waals surface area contributed by atoms with Crippen molar-refractivity contribution in [2.24, 2.45) is 11.0 Å². The molecule has 0 saturated carbocycles. The lowest BCUT2D eigenvalue weighted by molar-refractivity contribution is -0.118. The van der Waals surface area contributed by atoms with Gasteiger partial charge in [0.1, 0.15) is 0 Å². The zero-order valence-corrected chi connectivity index (χ0v) is 14.0. The first-order valence-electron chi connectivity index (χ1n) is 7.76. The Hall–Kier alpha value is -2.95. The summed E-state index contributed by atoms with van der Waals surface area (Å²) in [4.78, 5) is 23.6. The minimum atomic E-state index is -0.305. The van der Waals surface area contributed by atoms with Crippen molar-refractivity contribution in [3.63, 3.8) is 0 Å². The van der Waals surface area contributed by atoms with E-state index in [2.05, 4.69) is 15.8 Å². The summed E-state index contributed by atoms with van der Waals surface area (Å²) >= 11 is 0. The Morgan fingerprint density at radius 3 is 2.21 bits per heavy atom. The molecule has 2 amide bonds. The third kappa shape index (κ3) is 5.05. The van der Waals surface area contributed by atoms with Crippen molar-refractivity contribution < 1.29 is 9.59 Å². The SMILES string of the molecule is Cc1ccc(/C=N/NC(=O)c2ccc(NC(=O)C(C)C)cc2)cc1. The fraction of sp³-hybridized carbons (Fsp3) is 0.211. The number of carbonyl (C=O) groups excluding carboxylic acids is 2. The zero-order chi connectivity index (χ0) is 17.5. The molecule has 0 fully saturated rings. The highest BCUT2D eigenvalue weighted by molar-refractivity contribution is 5.96. The second kappa shape index (κ2) is 8.06. The van der Waals surface area contributed by atoms with E-state index in [0.717, 1.165) is 5.56 Å². The van der Waals surface area contributed by atoms with Gasteiger partial charge in [-0.2, -0.15) is 5.10 Å². The maximum absolute atomic E-state index is 12.0. The maximum Gasteiger partial charge on any atom is 0.271 e. The first-order chi connectivity index (χ1) is 11.5. The Morgan fingerprint density at radius 2 is 1.62 bits per heavy atom. The number of hydrogen-bond acceptors (Lipinski definition) is 3. The molecule has 5 heteroatoms. The number of nitrogens with zero attached hydrogens (tertiary/aromatic N) is 1. The number of nitrogens with one attached hydrogen (secondary N) is 2. The summed E-state index contributed by atoms with van der Waals surface area (Å²) in [6, 6.07) is 14.5. The molecule has 0 aliphatic rings. The van der Waals surface area contributed by atoms with Crippen LogP contribution in [0.5, 0.6) is 0 Å². The predicted molar refractivity (Wildman–Crippen MR) is 96.1 cm³/mol. The van der Waals surface area contributed by atoms with Crippen molar-refractivity contribution in [1.82, 2.24) is 5.43 Å². The van der Waals surface area contributed by atoms with Gasteiger partial charge >= 0.3 is 0 Å². The molecule has 0 aliphatic heterocycles. The smallest absolute Gasteiger partial charge is 0.271 e. The van der Waals surface area contributed by atoms with Crippen LogP contribution in [0, 0.1) is 12.8 Å². The molecule has 2 rings (SSSR count). The molecule has 0 radical (unpaired) electrons. The van der Waals surface area contributed by atoms with E-state index in [-0.39, 0.29) is 17.7 Å². The van der Waals surface area contributed by atoms with Crippen LogP contribution in [-0.4, -0.2) is 18.0 Å². The van der Waals surface area contributed by atoms with Gasteiger partial charge in [-0.15, -0.1) is 0 Å². The Balaban J connectivity index is 1.92. The van der Waals surface area contributed by atoms with Gasteiger partial charge in [0, 0.05) is 17.2 Å². The van der Waals surface area contributed by atoms with E-state index in [1.807, 2.05) is 45.0 Å². The van der Waals surface area contributed by atoms with Crippen LogP contribution in [0.4, 0.5) is 5.69 Å². The fourth-order valence-electron chi connectivity index (χ4n) is 1.87. The maximum atomic E-state index is 12.0. The first-order valence-corrected chi connectivity index (χ1v) is 7.76. The highest BCUT2D eigenvalue weighted by Gasteiger charge is 2.08. The van der Waals surface area contributed by atoms with Crippen LogP contribution in [0.3, 0.4) is 0 Å². The molecular weight excluding hydrogens is 302 g/mol. The molecule has 0 aromatic heterocycles. The lowest BCUT2D eigenvalue weighted by Crippen LogP contribution is -2.19. The fourth-order valence-corrected chi connectivity index (χ4v) is 1.87. The van der Waals surface area contributed by atoms with E-state index in [9.17, 15) is 9.59 Å². The number of rotatable bonds is 5. The van der Waals surface area contributed by atoms with Crippen molar-refractivity contribution in [1.29, 1.82) is 0 Å². The molecule has 0 saturated heterocycles. The Morgan fingerprint density at radius 1 is 1.00 bits per heavy atom. The Kier molecular flexibility index (Phi) is 5.84. The van der Waals surface area contributed by atoms with E-state index < -0.39 is 0 Å². The first kappa shape index (κ1) is 17.4. The van der Waals surface area contributed by atoms with E-state index in [1.54, 1.807) is 30.5 Å². The summed E-state index contributed by atoms with van der Waals surface area (Å²) < 4.78 is 0. The number of hydrazone groups is 1. The van der Waals surface area contributed by atoms with E-state index in [4.69, 9.17) is 0 Å². The summed E-state index contributed by atoms with van der Waals surface area (Å²) in [5.41, 5.74) is 5.69.